The lowest BCUT2D eigenvalue weighted by molar-refractivity contribution is 0.0954. The molecular weight excluding hydrogens is 290 g/mol. The van der Waals surface area contributed by atoms with Crippen molar-refractivity contribution in [3.8, 4) is 0 Å². The van der Waals surface area contributed by atoms with Gasteiger partial charge < -0.3 is 0 Å². The molecule has 0 aromatic heterocycles. The van der Waals surface area contributed by atoms with Gasteiger partial charge in [-0.3, -0.25) is 9.69 Å². The summed E-state index contributed by atoms with van der Waals surface area (Å²) in [6.07, 6.45) is 4.75. The summed E-state index contributed by atoms with van der Waals surface area (Å²) >= 11 is 3.45. The van der Waals surface area contributed by atoms with Crippen LogP contribution in [0.1, 0.15) is 36.0 Å². The van der Waals surface area contributed by atoms with E-state index in [9.17, 15) is 4.79 Å². The molecule has 1 saturated heterocycles. The zero-order valence-corrected chi connectivity index (χ0v) is 12.0. The molecule has 96 valence electrons. The van der Waals surface area contributed by atoms with E-state index in [4.69, 9.17) is 0 Å². The Morgan fingerprint density at radius 1 is 1.33 bits per heavy atom. The normalized spacial score (nSPS) is 26.7. The number of piperidine rings is 1. The lowest BCUT2D eigenvalue weighted by Crippen LogP contribution is -2.33. The molecule has 2 aliphatic rings. The Morgan fingerprint density at radius 3 is 2.83 bits per heavy atom. The Labute approximate surface area is 116 Å². The Bertz CT molecular complexity index is 460. The quantitative estimate of drug-likeness (QED) is 0.793. The number of ketones is 1. The molecule has 0 radical (unpaired) electrons. The summed E-state index contributed by atoms with van der Waals surface area (Å²) in [6.45, 7) is 2.15. The number of hydrogen-bond donors (Lipinski definition) is 0. The SMILES string of the molecule is O=C(CCN1CC2CCC1C2)c1ccccc1Br. The van der Waals surface area contributed by atoms with Crippen LogP contribution in [-0.4, -0.2) is 29.8 Å². The Hall–Kier alpha value is -0.670. The van der Waals surface area contributed by atoms with E-state index >= 15 is 0 Å². The summed E-state index contributed by atoms with van der Waals surface area (Å²) in [6, 6.07) is 8.48. The zero-order chi connectivity index (χ0) is 12.5. The van der Waals surface area contributed by atoms with Crippen molar-refractivity contribution in [1.29, 1.82) is 0 Å². The van der Waals surface area contributed by atoms with E-state index in [-0.39, 0.29) is 5.78 Å². The Balaban J connectivity index is 1.57. The molecule has 1 heterocycles. The maximum absolute atomic E-state index is 12.2. The minimum atomic E-state index is 0.255. The predicted molar refractivity (Wildman–Crippen MR) is 75.8 cm³/mol. The van der Waals surface area contributed by atoms with Gasteiger partial charge in [0, 0.05) is 35.6 Å². The maximum Gasteiger partial charge on any atom is 0.165 e. The molecule has 1 aliphatic heterocycles. The highest BCUT2D eigenvalue weighted by Gasteiger charge is 2.37. The third kappa shape index (κ3) is 2.39. The van der Waals surface area contributed by atoms with Crippen LogP contribution in [0.3, 0.4) is 0 Å². The summed E-state index contributed by atoms with van der Waals surface area (Å²) in [5.41, 5.74) is 0.821. The summed E-state index contributed by atoms with van der Waals surface area (Å²) in [5.74, 6) is 1.17. The number of hydrogen-bond acceptors (Lipinski definition) is 2. The first-order valence-electron chi connectivity index (χ1n) is 6.76. The molecule has 2 fully saturated rings. The lowest BCUT2D eigenvalue weighted by Gasteiger charge is -2.26. The average molecular weight is 308 g/mol. The number of carbonyl (C=O) groups excluding carboxylic acids is 1. The molecule has 2 nitrogen and oxygen atoms in total. The molecule has 3 heteroatoms. The molecule has 2 unspecified atom stereocenters. The van der Waals surface area contributed by atoms with Crippen molar-refractivity contribution in [2.24, 2.45) is 5.92 Å². The van der Waals surface area contributed by atoms with Gasteiger partial charge in [-0.1, -0.05) is 34.1 Å². The number of benzene rings is 1. The highest BCUT2D eigenvalue weighted by molar-refractivity contribution is 9.10. The number of nitrogens with zero attached hydrogens (tertiary/aromatic N) is 1. The molecule has 1 aromatic rings. The van der Waals surface area contributed by atoms with E-state index < -0.39 is 0 Å². The topological polar surface area (TPSA) is 20.3 Å². The minimum absolute atomic E-state index is 0.255. The highest BCUT2D eigenvalue weighted by atomic mass is 79.9. The molecule has 2 atom stereocenters. The van der Waals surface area contributed by atoms with E-state index in [0.717, 1.165) is 28.5 Å². The van der Waals surface area contributed by atoms with Gasteiger partial charge in [-0.15, -0.1) is 0 Å². The standard InChI is InChI=1S/C15H18BrNO/c16-14-4-2-1-3-13(14)15(18)7-8-17-10-11-5-6-12(17)9-11/h1-4,11-12H,5-10H2. The summed E-state index contributed by atoms with van der Waals surface area (Å²) in [4.78, 5) is 14.7. The van der Waals surface area contributed by atoms with Gasteiger partial charge in [-0.2, -0.15) is 0 Å². The van der Waals surface area contributed by atoms with Gasteiger partial charge in [-0.25, -0.2) is 0 Å². The van der Waals surface area contributed by atoms with Crippen LogP contribution in [0.2, 0.25) is 0 Å². The van der Waals surface area contributed by atoms with Crippen LogP contribution in [0.5, 0.6) is 0 Å². The molecule has 3 rings (SSSR count). The number of halogens is 1. The van der Waals surface area contributed by atoms with E-state index in [1.54, 1.807) is 0 Å². The summed E-state index contributed by atoms with van der Waals surface area (Å²) in [7, 11) is 0. The summed E-state index contributed by atoms with van der Waals surface area (Å²) in [5, 5.41) is 0. The Kier molecular flexibility index (Phi) is 3.53. The van der Waals surface area contributed by atoms with Gasteiger partial charge in [0.15, 0.2) is 5.78 Å². The second-order valence-corrected chi connectivity index (χ2v) is 6.34. The minimum Gasteiger partial charge on any atom is -0.300 e. The van der Waals surface area contributed by atoms with Crippen LogP contribution in [-0.2, 0) is 0 Å². The third-order valence-corrected chi connectivity index (χ3v) is 5.01. The number of carbonyl (C=O) groups is 1. The van der Waals surface area contributed by atoms with Crippen molar-refractivity contribution in [1.82, 2.24) is 4.90 Å². The molecule has 1 saturated carbocycles. The van der Waals surface area contributed by atoms with E-state index in [0.29, 0.717) is 6.42 Å². The average Bonchev–Trinajstić information content (AvgIpc) is 2.98. The van der Waals surface area contributed by atoms with Gasteiger partial charge in [0.2, 0.25) is 0 Å². The first kappa shape index (κ1) is 12.4. The second-order valence-electron chi connectivity index (χ2n) is 5.48. The van der Waals surface area contributed by atoms with Crippen LogP contribution < -0.4 is 0 Å². The lowest BCUT2D eigenvalue weighted by atomic mass is 10.1. The van der Waals surface area contributed by atoms with Crippen molar-refractivity contribution in [3.63, 3.8) is 0 Å². The number of Topliss-reactive ketones (excluding diaryl/α,β-unsaturated/α-hetero) is 1. The van der Waals surface area contributed by atoms with Crippen molar-refractivity contribution >= 4 is 21.7 Å². The summed E-state index contributed by atoms with van der Waals surface area (Å²) < 4.78 is 0.915. The van der Waals surface area contributed by atoms with E-state index in [2.05, 4.69) is 20.8 Å². The fraction of sp³-hybridized carbons (Fsp3) is 0.533. The molecule has 2 bridgehead atoms. The monoisotopic (exact) mass is 307 g/mol. The van der Waals surface area contributed by atoms with Gasteiger partial charge in [0.25, 0.3) is 0 Å². The molecule has 18 heavy (non-hydrogen) atoms. The maximum atomic E-state index is 12.2. The Morgan fingerprint density at radius 2 is 2.17 bits per heavy atom. The van der Waals surface area contributed by atoms with Gasteiger partial charge in [-0.05, 0) is 31.2 Å². The van der Waals surface area contributed by atoms with Crippen LogP contribution in [0.4, 0.5) is 0 Å². The van der Waals surface area contributed by atoms with Crippen LogP contribution in [0, 0.1) is 5.92 Å². The van der Waals surface area contributed by atoms with E-state index in [1.807, 2.05) is 24.3 Å². The first-order valence-corrected chi connectivity index (χ1v) is 7.55. The van der Waals surface area contributed by atoms with Gasteiger partial charge in [0.1, 0.15) is 0 Å². The van der Waals surface area contributed by atoms with Gasteiger partial charge in [0.05, 0.1) is 0 Å². The number of fused-ring (bicyclic) bond motifs is 2. The molecule has 0 amide bonds. The van der Waals surface area contributed by atoms with Crippen molar-refractivity contribution in [3.05, 3.63) is 34.3 Å². The molecule has 0 N–H and O–H groups in total. The van der Waals surface area contributed by atoms with Crippen molar-refractivity contribution < 1.29 is 4.79 Å². The largest absolute Gasteiger partial charge is 0.300 e. The second kappa shape index (κ2) is 5.14. The fourth-order valence-corrected chi connectivity index (χ4v) is 3.87. The van der Waals surface area contributed by atoms with Crippen LogP contribution in [0.15, 0.2) is 28.7 Å². The number of rotatable bonds is 4. The van der Waals surface area contributed by atoms with Crippen LogP contribution in [0.25, 0.3) is 0 Å². The van der Waals surface area contributed by atoms with Crippen molar-refractivity contribution in [2.45, 2.75) is 31.7 Å². The van der Waals surface area contributed by atoms with Crippen molar-refractivity contribution in [2.75, 3.05) is 13.1 Å². The molecular formula is C15H18BrNO. The van der Waals surface area contributed by atoms with E-state index in [1.165, 1.54) is 25.8 Å². The zero-order valence-electron chi connectivity index (χ0n) is 10.4. The molecule has 0 spiro atoms. The molecule has 1 aliphatic carbocycles. The predicted octanol–water partition coefficient (Wildman–Crippen LogP) is 3.51. The smallest absolute Gasteiger partial charge is 0.165 e. The van der Waals surface area contributed by atoms with Crippen LogP contribution >= 0.6 is 15.9 Å². The fourth-order valence-electron chi connectivity index (χ4n) is 3.37. The highest BCUT2D eigenvalue weighted by Crippen LogP contribution is 2.37. The first-order chi connectivity index (χ1) is 8.74. The van der Waals surface area contributed by atoms with Gasteiger partial charge >= 0.3 is 0 Å². The molecule has 1 aromatic carbocycles. The number of likely N-dealkylation sites (tertiary alicyclic amines) is 1. The third-order valence-electron chi connectivity index (χ3n) is 4.32.